The van der Waals surface area contributed by atoms with Crippen molar-refractivity contribution in [2.45, 2.75) is 32.3 Å². The second-order valence-electron chi connectivity index (χ2n) is 5.11. The minimum atomic E-state index is -0.774. The minimum Gasteiger partial charge on any atom is -0.388 e. The van der Waals surface area contributed by atoms with Crippen LogP contribution in [0.3, 0.4) is 0 Å². The molecule has 19 heavy (non-hydrogen) atoms. The lowest BCUT2D eigenvalue weighted by atomic mass is 9.94. The molecule has 1 fully saturated rings. The fraction of sp³-hybridized carbons (Fsp3) is 0.571. The van der Waals surface area contributed by atoms with Gasteiger partial charge in [0, 0.05) is 38.3 Å². The molecule has 5 heteroatoms. The standard InChI is InChI=1S/C14H19N3O2/c1-10-7-11(2)17-13(12(10)8-15)16-9-14(18)3-5-19-6-4-14/h7,18H,3-6,9H2,1-2H3,(H,16,17). The summed E-state index contributed by atoms with van der Waals surface area (Å²) in [6.45, 7) is 5.32. The molecule has 0 saturated carbocycles. The number of nitrogens with one attached hydrogen (secondary N) is 1. The van der Waals surface area contributed by atoms with Crippen LogP contribution in [0.25, 0.3) is 0 Å². The van der Waals surface area contributed by atoms with Crippen LogP contribution in [0.4, 0.5) is 5.82 Å². The fourth-order valence-electron chi connectivity index (χ4n) is 2.28. The van der Waals surface area contributed by atoms with Crippen LogP contribution in [0.1, 0.15) is 29.7 Å². The Bertz CT molecular complexity index is 502. The highest BCUT2D eigenvalue weighted by Gasteiger charge is 2.29. The van der Waals surface area contributed by atoms with Gasteiger partial charge in [0.05, 0.1) is 11.2 Å². The van der Waals surface area contributed by atoms with E-state index in [1.165, 1.54) is 0 Å². The molecule has 1 aliphatic rings. The maximum Gasteiger partial charge on any atom is 0.144 e. The summed E-state index contributed by atoms with van der Waals surface area (Å²) in [6, 6.07) is 4.04. The zero-order valence-electron chi connectivity index (χ0n) is 11.4. The highest BCUT2D eigenvalue weighted by atomic mass is 16.5. The molecular formula is C14H19N3O2. The number of pyridine rings is 1. The molecule has 2 N–H and O–H groups in total. The molecular weight excluding hydrogens is 242 g/mol. The number of rotatable bonds is 3. The van der Waals surface area contributed by atoms with Gasteiger partial charge in [-0.15, -0.1) is 0 Å². The third kappa shape index (κ3) is 3.22. The number of nitriles is 1. The van der Waals surface area contributed by atoms with Crippen molar-refractivity contribution >= 4 is 5.82 Å². The van der Waals surface area contributed by atoms with Crippen LogP contribution in [-0.4, -0.2) is 35.5 Å². The Morgan fingerprint density at radius 3 is 2.79 bits per heavy atom. The molecule has 0 spiro atoms. The molecule has 1 aliphatic heterocycles. The number of aromatic nitrogens is 1. The zero-order chi connectivity index (χ0) is 13.9. The summed E-state index contributed by atoms with van der Waals surface area (Å²) in [5.74, 6) is 0.555. The summed E-state index contributed by atoms with van der Waals surface area (Å²) in [4.78, 5) is 4.34. The molecule has 1 saturated heterocycles. The fourth-order valence-corrected chi connectivity index (χ4v) is 2.28. The lowest BCUT2D eigenvalue weighted by molar-refractivity contribution is -0.0543. The van der Waals surface area contributed by atoms with Gasteiger partial charge in [-0.2, -0.15) is 5.26 Å². The van der Waals surface area contributed by atoms with Crippen LogP contribution in [-0.2, 0) is 4.74 Å². The van der Waals surface area contributed by atoms with Gasteiger partial charge in [-0.3, -0.25) is 0 Å². The number of aryl methyl sites for hydroxylation is 2. The Kier molecular flexibility index (Phi) is 4.03. The van der Waals surface area contributed by atoms with Gasteiger partial charge in [-0.1, -0.05) is 0 Å². The average Bonchev–Trinajstić information content (AvgIpc) is 2.37. The van der Waals surface area contributed by atoms with Gasteiger partial charge in [0.1, 0.15) is 11.9 Å². The van der Waals surface area contributed by atoms with Gasteiger partial charge in [0.15, 0.2) is 0 Å². The summed E-state index contributed by atoms with van der Waals surface area (Å²) < 4.78 is 5.24. The van der Waals surface area contributed by atoms with Crippen LogP contribution in [0.5, 0.6) is 0 Å². The quantitative estimate of drug-likeness (QED) is 0.862. The number of nitrogens with zero attached hydrogens (tertiary/aromatic N) is 2. The van der Waals surface area contributed by atoms with E-state index in [9.17, 15) is 10.4 Å². The maximum absolute atomic E-state index is 10.4. The smallest absolute Gasteiger partial charge is 0.144 e. The monoisotopic (exact) mass is 261 g/mol. The molecule has 0 bridgehead atoms. The molecule has 5 nitrogen and oxygen atoms in total. The first kappa shape index (κ1) is 13.8. The molecule has 1 aromatic rings. The van der Waals surface area contributed by atoms with Crippen LogP contribution in [0, 0.1) is 25.2 Å². The Labute approximate surface area is 113 Å². The van der Waals surface area contributed by atoms with Crippen molar-refractivity contribution in [3.8, 4) is 6.07 Å². The van der Waals surface area contributed by atoms with E-state index < -0.39 is 5.60 Å². The largest absolute Gasteiger partial charge is 0.388 e. The van der Waals surface area contributed by atoms with Crippen molar-refractivity contribution < 1.29 is 9.84 Å². The van der Waals surface area contributed by atoms with Crippen molar-refractivity contribution in [3.05, 3.63) is 22.9 Å². The van der Waals surface area contributed by atoms with Gasteiger partial charge in [-0.05, 0) is 25.5 Å². The summed E-state index contributed by atoms with van der Waals surface area (Å²) in [7, 11) is 0. The summed E-state index contributed by atoms with van der Waals surface area (Å²) in [6.07, 6.45) is 1.21. The van der Waals surface area contributed by atoms with Crippen LogP contribution < -0.4 is 5.32 Å². The van der Waals surface area contributed by atoms with E-state index in [2.05, 4.69) is 16.4 Å². The molecule has 2 rings (SSSR count). The molecule has 0 atom stereocenters. The highest BCUT2D eigenvalue weighted by molar-refractivity contribution is 5.56. The summed E-state index contributed by atoms with van der Waals surface area (Å²) in [5.41, 5.74) is 1.53. The molecule has 0 aliphatic carbocycles. The zero-order valence-corrected chi connectivity index (χ0v) is 11.4. The third-order valence-electron chi connectivity index (χ3n) is 3.46. The second-order valence-corrected chi connectivity index (χ2v) is 5.11. The Hall–Kier alpha value is -1.64. The van der Waals surface area contributed by atoms with E-state index in [-0.39, 0.29) is 0 Å². The van der Waals surface area contributed by atoms with Gasteiger partial charge in [0.2, 0.25) is 0 Å². The van der Waals surface area contributed by atoms with E-state index in [0.717, 1.165) is 11.3 Å². The summed E-state index contributed by atoms with van der Waals surface area (Å²) in [5, 5.41) is 22.7. The number of anilines is 1. The van der Waals surface area contributed by atoms with Crippen molar-refractivity contribution in [2.24, 2.45) is 0 Å². The van der Waals surface area contributed by atoms with E-state index in [1.807, 2.05) is 19.9 Å². The number of hydrogen-bond donors (Lipinski definition) is 2. The first-order valence-corrected chi connectivity index (χ1v) is 6.46. The molecule has 0 aromatic carbocycles. The molecule has 1 aromatic heterocycles. The van der Waals surface area contributed by atoms with E-state index in [1.54, 1.807) is 0 Å². The average molecular weight is 261 g/mol. The molecule has 0 unspecified atom stereocenters. The first-order chi connectivity index (χ1) is 9.04. The van der Waals surface area contributed by atoms with Crippen LogP contribution in [0.2, 0.25) is 0 Å². The van der Waals surface area contributed by atoms with Gasteiger partial charge >= 0.3 is 0 Å². The van der Waals surface area contributed by atoms with Gasteiger partial charge in [0.25, 0.3) is 0 Å². The number of ether oxygens (including phenoxy) is 1. The van der Waals surface area contributed by atoms with Crippen molar-refractivity contribution in [1.29, 1.82) is 5.26 Å². The van der Waals surface area contributed by atoms with Gasteiger partial charge in [-0.25, -0.2) is 4.98 Å². The third-order valence-corrected chi connectivity index (χ3v) is 3.46. The normalized spacial score (nSPS) is 17.8. The Morgan fingerprint density at radius 2 is 2.16 bits per heavy atom. The van der Waals surface area contributed by atoms with Gasteiger partial charge < -0.3 is 15.2 Å². The maximum atomic E-state index is 10.4. The van der Waals surface area contributed by atoms with E-state index in [4.69, 9.17) is 4.74 Å². The van der Waals surface area contributed by atoms with Crippen molar-refractivity contribution in [1.82, 2.24) is 4.98 Å². The lowest BCUT2D eigenvalue weighted by Crippen LogP contribution is -2.42. The number of aliphatic hydroxyl groups is 1. The lowest BCUT2D eigenvalue weighted by Gasteiger charge is -2.32. The molecule has 102 valence electrons. The number of hydrogen-bond acceptors (Lipinski definition) is 5. The van der Waals surface area contributed by atoms with Crippen molar-refractivity contribution in [3.63, 3.8) is 0 Å². The van der Waals surface area contributed by atoms with Crippen molar-refractivity contribution in [2.75, 3.05) is 25.1 Å². The molecule has 0 radical (unpaired) electrons. The van der Waals surface area contributed by atoms with E-state index >= 15 is 0 Å². The first-order valence-electron chi connectivity index (χ1n) is 6.46. The molecule has 2 heterocycles. The molecule has 0 amide bonds. The Balaban J connectivity index is 2.13. The topological polar surface area (TPSA) is 78.2 Å². The highest BCUT2D eigenvalue weighted by Crippen LogP contribution is 2.23. The van der Waals surface area contributed by atoms with Crippen LogP contribution in [0.15, 0.2) is 6.07 Å². The predicted molar refractivity (Wildman–Crippen MR) is 71.9 cm³/mol. The minimum absolute atomic E-state index is 0.390. The second kappa shape index (κ2) is 5.55. The summed E-state index contributed by atoms with van der Waals surface area (Å²) >= 11 is 0. The van der Waals surface area contributed by atoms with E-state index in [0.29, 0.717) is 44.0 Å². The SMILES string of the molecule is Cc1cc(C)c(C#N)c(NCC2(O)CCOCC2)n1. The predicted octanol–water partition coefficient (Wildman–Crippen LogP) is 1.52. The van der Waals surface area contributed by atoms with Crippen LogP contribution >= 0.6 is 0 Å². The Morgan fingerprint density at radius 1 is 1.47 bits per heavy atom.